The fourth-order valence-corrected chi connectivity index (χ4v) is 2.93. The summed E-state index contributed by atoms with van der Waals surface area (Å²) in [6.07, 6.45) is 0. The van der Waals surface area contributed by atoms with Crippen LogP contribution in [0.1, 0.15) is 11.1 Å². The van der Waals surface area contributed by atoms with Crippen molar-refractivity contribution < 1.29 is 9.47 Å². The largest absolute Gasteiger partial charge is 0.493 e. The SMILES string of the molecule is COc1cc(CCl)cc(Br)c1OCc1cccc(Cl)c1Cl. The van der Waals surface area contributed by atoms with Crippen molar-refractivity contribution in [2.45, 2.75) is 12.5 Å². The van der Waals surface area contributed by atoms with Crippen LogP contribution in [0.3, 0.4) is 0 Å². The van der Waals surface area contributed by atoms with Gasteiger partial charge in [0.2, 0.25) is 0 Å². The first-order valence-corrected chi connectivity index (χ1v) is 8.13. The smallest absolute Gasteiger partial charge is 0.175 e. The molecule has 0 radical (unpaired) electrons. The molecule has 0 heterocycles. The van der Waals surface area contributed by atoms with Gasteiger partial charge < -0.3 is 9.47 Å². The summed E-state index contributed by atoms with van der Waals surface area (Å²) in [6, 6.07) is 9.16. The van der Waals surface area contributed by atoms with Crippen LogP contribution in [0, 0.1) is 0 Å². The van der Waals surface area contributed by atoms with Crippen molar-refractivity contribution in [3.05, 3.63) is 56.0 Å². The zero-order valence-electron chi connectivity index (χ0n) is 11.1. The summed E-state index contributed by atoms with van der Waals surface area (Å²) in [5, 5.41) is 0.993. The molecule has 0 aromatic heterocycles. The number of alkyl halides is 1. The van der Waals surface area contributed by atoms with Crippen LogP contribution in [0.2, 0.25) is 10.0 Å². The van der Waals surface area contributed by atoms with Gasteiger partial charge in [0.05, 0.1) is 21.6 Å². The summed E-state index contributed by atoms with van der Waals surface area (Å²) < 4.78 is 11.9. The fraction of sp³-hybridized carbons (Fsp3) is 0.200. The van der Waals surface area contributed by atoms with E-state index in [9.17, 15) is 0 Å². The summed E-state index contributed by atoms with van der Waals surface area (Å²) in [6.45, 7) is 0.286. The van der Waals surface area contributed by atoms with E-state index < -0.39 is 0 Å². The molecule has 0 amide bonds. The van der Waals surface area contributed by atoms with Crippen molar-refractivity contribution in [3.63, 3.8) is 0 Å². The Bertz CT molecular complexity index is 647. The van der Waals surface area contributed by atoms with Crippen LogP contribution in [0.4, 0.5) is 0 Å². The molecule has 0 saturated heterocycles. The van der Waals surface area contributed by atoms with Crippen LogP contribution < -0.4 is 9.47 Å². The van der Waals surface area contributed by atoms with Crippen molar-refractivity contribution in [1.29, 1.82) is 0 Å². The van der Waals surface area contributed by atoms with E-state index in [2.05, 4.69) is 15.9 Å². The van der Waals surface area contributed by atoms with E-state index in [4.69, 9.17) is 44.3 Å². The van der Waals surface area contributed by atoms with Gasteiger partial charge in [-0.2, -0.15) is 0 Å². The molecule has 0 atom stereocenters. The highest BCUT2D eigenvalue weighted by atomic mass is 79.9. The molecule has 0 bridgehead atoms. The van der Waals surface area contributed by atoms with Gasteiger partial charge in [-0.1, -0.05) is 35.3 Å². The summed E-state index contributed by atoms with van der Waals surface area (Å²) in [5.41, 5.74) is 1.74. The zero-order chi connectivity index (χ0) is 15.4. The van der Waals surface area contributed by atoms with Gasteiger partial charge in [0.1, 0.15) is 6.61 Å². The Morgan fingerprint density at radius 3 is 2.62 bits per heavy atom. The molecule has 2 aromatic rings. The van der Waals surface area contributed by atoms with E-state index in [1.807, 2.05) is 24.3 Å². The van der Waals surface area contributed by atoms with E-state index in [1.54, 1.807) is 13.2 Å². The number of hydrogen-bond acceptors (Lipinski definition) is 2. The second kappa shape index (κ2) is 7.59. The minimum absolute atomic E-state index is 0.286. The maximum Gasteiger partial charge on any atom is 0.175 e. The molecule has 0 saturated carbocycles. The molecule has 0 aliphatic heterocycles. The Labute approximate surface area is 147 Å². The average Bonchev–Trinajstić information content (AvgIpc) is 2.49. The highest BCUT2D eigenvalue weighted by Crippen LogP contribution is 2.38. The average molecular weight is 411 g/mol. The van der Waals surface area contributed by atoms with Gasteiger partial charge in [0.25, 0.3) is 0 Å². The van der Waals surface area contributed by atoms with Crippen LogP contribution in [0.15, 0.2) is 34.8 Å². The van der Waals surface area contributed by atoms with Crippen LogP contribution in [-0.4, -0.2) is 7.11 Å². The van der Waals surface area contributed by atoms with Crippen LogP contribution in [-0.2, 0) is 12.5 Å². The van der Waals surface area contributed by atoms with E-state index >= 15 is 0 Å². The molecule has 0 aliphatic carbocycles. The highest BCUT2D eigenvalue weighted by Gasteiger charge is 2.13. The van der Waals surface area contributed by atoms with Crippen molar-refractivity contribution in [1.82, 2.24) is 0 Å². The Balaban J connectivity index is 2.25. The first-order chi connectivity index (χ1) is 10.1. The maximum absolute atomic E-state index is 6.15. The van der Waals surface area contributed by atoms with Gasteiger partial charge >= 0.3 is 0 Å². The summed E-state index contributed by atoms with van der Waals surface area (Å²) in [4.78, 5) is 0. The van der Waals surface area contributed by atoms with Crippen molar-refractivity contribution >= 4 is 50.7 Å². The van der Waals surface area contributed by atoms with Crippen molar-refractivity contribution in [2.75, 3.05) is 7.11 Å². The van der Waals surface area contributed by atoms with Gasteiger partial charge in [-0.05, 0) is 39.7 Å². The molecular formula is C15H12BrCl3O2. The van der Waals surface area contributed by atoms with E-state index in [-0.39, 0.29) is 6.61 Å². The van der Waals surface area contributed by atoms with Gasteiger partial charge in [-0.15, -0.1) is 11.6 Å². The first-order valence-electron chi connectivity index (χ1n) is 6.05. The number of hydrogen-bond donors (Lipinski definition) is 0. The molecule has 2 nitrogen and oxygen atoms in total. The van der Waals surface area contributed by atoms with Gasteiger partial charge in [-0.25, -0.2) is 0 Å². The molecule has 0 unspecified atom stereocenters. The lowest BCUT2D eigenvalue weighted by atomic mass is 10.2. The lowest BCUT2D eigenvalue weighted by molar-refractivity contribution is 0.282. The molecule has 0 N–H and O–H groups in total. The normalized spacial score (nSPS) is 10.5. The Kier molecular flexibility index (Phi) is 6.06. The van der Waals surface area contributed by atoms with Crippen LogP contribution in [0.25, 0.3) is 0 Å². The Morgan fingerprint density at radius 2 is 1.95 bits per heavy atom. The standard InChI is InChI=1S/C15H12BrCl3O2/c1-20-13-6-9(7-17)5-11(16)15(13)21-8-10-3-2-4-12(18)14(10)19/h2-6H,7-8H2,1H3. The first kappa shape index (κ1) is 16.8. The predicted molar refractivity (Wildman–Crippen MR) is 91.0 cm³/mol. The van der Waals surface area contributed by atoms with Crippen LogP contribution >= 0.6 is 50.7 Å². The molecular weight excluding hydrogens is 398 g/mol. The number of methoxy groups -OCH3 is 1. The molecule has 112 valence electrons. The van der Waals surface area contributed by atoms with E-state index in [1.165, 1.54) is 0 Å². The third kappa shape index (κ3) is 3.98. The minimum atomic E-state index is 0.286. The molecule has 0 fully saturated rings. The molecule has 21 heavy (non-hydrogen) atoms. The fourth-order valence-electron chi connectivity index (χ4n) is 1.80. The highest BCUT2D eigenvalue weighted by molar-refractivity contribution is 9.10. The number of rotatable bonds is 5. The quantitative estimate of drug-likeness (QED) is 0.556. The lowest BCUT2D eigenvalue weighted by Crippen LogP contribution is -2.00. The molecule has 0 spiro atoms. The topological polar surface area (TPSA) is 18.5 Å². The number of halogens is 4. The summed E-state index contributed by atoms with van der Waals surface area (Å²) in [7, 11) is 1.58. The summed E-state index contributed by atoms with van der Waals surface area (Å²) in [5.74, 6) is 1.61. The Morgan fingerprint density at radius 1 is 1.19 bits per heavy atom. The van der Waals surface area contributed by atoms with E-state index in [0.29, 0.717) is 27.4 Å². The second-order valence-corrected chi connectivity index (χ2v) is 6.15. The van der Waals surface area contributed by atoms with Gasteiger partial charge in [0, 0.05) is 11.4 Å². The predicted octanol–water partition coefficient (Wildman–Crippen LogP) is 6.08. The zero-order valence-corrected chi connectivity index (χ0v) is 15.0. The maximum atomic E-state index is 6.15. The van der Waals surface area contributed by atoms with Gasteiger partial charge in [-0.3, -0.25) is 0 Å². The Hall–Kier alpha value is -0.610. The van der Waals surface area contributed by atoms with Crippen molar-refractivity contribution in [2.24, 2.45) is 0 Å². The molecule has 2 aromatic carbocycles. The number of benzene rings is 2. The second-order valence-electron chi connectivity index (χ2n) is 4.24. The summed E-state index contributed by atoms with van der Waals surface area (Å²) >= 11 is 21.4. The monoisotopic (exact) mass is 408 g/mol. The molecule has 0 aliphatic rings. The third-order valence-corrected chi connectivity index (χ3v) is 4.60. The van der Waals surface area contributed by atoms with Gasteiger partial charge in [0.15, 0.2) is 11.5 Å². The minimum Gasteiger partial charge on any atom is -0.493 e. The van der Waals surface area contributed by atoms with Crippen molar-refractivity contribution in [3.8, 4) is 11.5 Å². The molecule has 2 rings (SSSR count). The molecule has 6 heteroatoms. The van der Waals surface area contributed by atoms with E-state index in [0.717, 1.165) is 15.6 Å². The van der Waals surface area contributed by atoms with Crippen LogP contribution in [0.5, 0.6) is 11.5 Å². The number of ether oxygens (including phenoxy) is 2. The third-order valence-electron chi connectivity index (χ3n) is 2.85. The lowest BCUT2D eigenvalue weighted by Gasteiger charge is -2.14.